The quantitative estimate of drug-likeness (QED) is 0.763. The second kappa shape index (κ2) is 7.62. The van der Waals surface area contributed by atoms with Crippen molar-refractivity contribution in [1.82, 2.24) is 9.03 Å². The molecule has 19 heavy (non-hydrogen) atoms. The van der Waals surface area contributed by atoms with Crippen LogP contribution in [0.25, 0.3) is 0 Å². The fourth-order valence-electron chi connectivity index (χ4n) is 1.32. The molecule has 0 atom stereocenters. The molecule has 2 N–H and O–H groups in total. The zero-order valence-corrected chi connectivity index (χ0v) is 12.6. The highest BCUT2D eigenvalue weighted by Crippen LogP contribution is 2.16. The van der Waals surface area contributed by atoms with Gasteiger partial charge in [0, 0.05) is 36.0 Å². The van der Waals surface area contributed by atoms with Crippen LogP contribution in [0.2, 0.25) is 0 Å². The van der Waals surface area contributed by atoms with E-state index in [4.69, 9.17) is 5.11 Å². The first-order valence-electron chi connectivity index (χ1n) is 5.87. The van der Waals surface area contributed by atoms with Crippen molar-refractivity contribution in [1.29, 1.82) is 0 Å². The van der Waals surface area contributed by atoms with Crippen molar-refractivity contribution in [3.05, 3.63) is 21.9 Å². The van der Waals surface area contributed by atoms with Gasteiger partial charge in [-0.3, -0.25) is 0 Å². The summed E-state index contributed by atoms with van der Waals surface area (Å²) in [6.07, 6.45) is 0.757. The molecule has 106 valence electrons. The fourth-order valence-corrected chi connectivity index (χ4v) is 3.26. The van der Waals surface area contributed by atoms with Gasteiger partial charge in [-0.2, -0.15) is 12.7 Å². The summed E-state index contributed by atoms with van der Waals surface area (Å²) in [7, 11) is -1.88. The predicted molar refractivity (Wildman–Crippen MR) is 77.0 cm³/mol. The van der Waals surface area contributed by atoms with E-state index >= 15 is 0 Å². The second-order valence-electron chi connectivity index (χ2n) is 3.92. The molecule has 0 spiro atoms. The Balaban J connectivity index is 2.66. The van der Waals surface area contributed by atoms with Gasteiger partial charge in [-0.1, -0.05) is 18.8 Å². The van der Waals surface area contributed by atoms with Crippen LogP contribution in [0, 0.1) is 11.8 Å². The summed E-state index contributed by atoms with van der Waals surface area (Å²) in [5.74, 6) is 5.35. The zero-order valence-electron chi connectivity index (χ0n) is 11.0. The SMILES string of the molecule is CCCNS(=O)(=O)N(C)Cc1cc(C#CCO)cs1. The Hall–Kier alpha value is -0.910. The van der Waals surface area contributed by atoms with E-state index in [0.717, 1.165) is 16.9 Å². The van der Waals surface area contributed by atoms with Crippen LogP contribution >= 0.6 is 11.3 Å². The molecule has 0 saturated carbocycles. The maximum atomic E-state index is 11.8. The lowest BCUT2D eigenvalue weighted by atomic mass is 10.3. The normalized spacial score (nSPS) is 11.4. The monoisotopic (exact) mass is 302 g/mol. The summed E-state index contributed by atoms with van der Waals surface area (Å²) in [6.45, 7) is 2.48. The van der Waals surface area contributed by atoms with E-state index in [9.17, 15) is 8.42 Å². The van der Waals surface area contributed by atoms with E-state index in [1.165, 1.54) is 22.7 Å². The summed E-state index contributed by atoms with van der Waals surface area (Å²) < 4.78 is 27.4. The number of rotatable bonds is 6. The molecule has 0 aromatic carbocycles. The molecule has 1 aromatic rings. The molecular weight excluding hydrogens is 284 g/mol. The summed E-state index contributed by atoms with van der Waals surface area (Å²) in [4.78, 5) is 0.909. The van der Waals surface area contributed by atoms with E-state index in [2.05, 4.69) is 16.6 Å². The van der Waals surface area contributed by atoms with E-state index < -0.39 is 10.2 Å². The number of hydrogen-bond donors (Lipinski definition) is 2. The maximum Gasteiger partial charge on any atom is 0.279 e. The summed E-state index contributed by atoms with van der Waals surface area (Å²) in [5.41, 5.74) is 0.793. The Morgan fingerprint density at radius 2 is 2.26 bits per heavy atom. The zero-order chi connectivity index (χ0) is 14.3. The Morgan fingerprint density at radius 3 is 2.89 bits per heavy atom. The van der Waals surface area contributed by atoms with Gasteiger partial charge in [-0.05, 0) is 12.5 Å². The van der Waals surface area contributed by atoms with Crippen molar-refractivity contribution < 1.29 is 13.5 Å². The molecule has 0 saturated heterocycles. The van der Waals surface area contributed by atoms with Crippen LogP contribution in [-0.4, -0.2) is 38.0 Å². The van der Waals surface area contributed by atoms with Gasteiger partial charge >= 0.3 is 0 Å². The van der Waals surface area contributed by atoms with Crippen LogP contribution in [0.5, 0.6) is 0 Å². The van der Waals surface area contributed by atoms with Crippen LogP contribution < -0.4 is 4.72 Å². The van der Waals surface area contributed by atoms with E-state index in [-0.39, 0.29) is 6.61 Å². The third kappa shape index (κ3) is 5.30. The molecule has 0 amide bonds. The number of thiophene rings is 1. The molecule has 1 heterocycles. The number of aliphatic hydroxyl groups excluding tert-OH is 1. The number of hydrogen-bond acceptors (Lipinski definition) is 4. The van der Waals surface area contributed by atoms with Crippen molar-refractivity contribution in [2.45, 2.75) is 19.9 Å². The van der Waals surface area contributed by atoms with Crippen molar-refractivity contribution in [3.8, 4) is 11.8 Å². The van der Waals surface area contributed by atoms with Crippen LogP contribution in [-0.2, 0) is 16.8 Å². The minimum Gasteiger partial charge on any atom is -0.384 e. The second-order valence-corrected chi connectivity index (χ2v) is 6.77. The van der Waals surface area contributed by atoms with E-state index in [0.29, 0.717) is 13.1 Å². The van der Waals surface area contributed by atoms with Gasteiger partial charge in [0.15, 0.2) is 0 Å². The number of nitrogens with one attached hydrogen (secondary N) is 1. The molecule has 0 bridgehead atoms. The van der Waals surface area contributed by atoms with E-state index in [1.54, 1.807) is 0 Å². The first-order valence-corrected chi connectivity index (χ1v) is 8.19. The van der Waals surface area contributed by atoms with Crippen molar-refractivity contribution >= 4 is 21.5 Å². The van der Waals surface area contributed by atoms with Crippen LogP contribution in [0.4, 0.5) is 0 Å². The highest BCUT2D eigenvalue weighted by molar-refractivity contribution is 7.87. The lowest BCUT2D eigenvalue weighted by Gasteiger charge is -2.16. The van der Waals surface area contributed by atoms with Crippen LogP contribution in [0.3, 0.4) is 0 Å². The molecule has 1 rings (SSSR count). The summed E-state index contributed by atoms with van der Waals surface area (Å²) >= 11 is 1.45. The molecule has 0 radical (unpaired) electrons. The minimum absolute atomic E-state index is 0.180. The van der Waals surface area contributed by atoms with Crippen molar-refractivity contribution in [2.24, 2.45) is 0 Å². The van der Waals surface area contributed by atoms with Gasteiger partial charge in [-0.15, -0.1) is 11.3 Å². The third-order valence-electron chi connectivity index (χ3n) is 2.29. The average Bonchev–Trinajstić information content (AvgIpc) is 2.81. The Labute approximate surface area is 118 Å². The van der Waals surface area contributed by atoms with Gasteiger partial charge < -0.3 is 5.11 Å². The average molecular weight is 302 g/mol. The first kappa shape index (κ1) is 16.1. The Kier molecular flexibility index (Phi) is 6.48. The molecule has 0 aliphatic carbocycles. The predicted octanol–water partition coefficient (Wildman–Crippen LogP) is 0.768. The van der Waals surface area contributed by atoms with Crippen molar-refractivity contribution in [3.63, 3.8) is 0 Å². The molecule has 0 fully saturated rings. The molecular formula is C12H18N2O3S2. The highest BCUT2D eigenvalue weighted by Gasteiger charge is 2.17. The van der Waals surface area contributed by atoms with E-state index in [1.807, 2.05) is 18.4 Å². The first-order chi connectivity index (χ1) is 8.99. The minimum atomic E-state index is -3.41. The van der Waals surface area contributed by atoms with Crippen molar-refractivity contribution in [2.75, 3.05) is 20.2 Å². The molecule has 0 aliphatic heterocycles. The molecule has 1 aromatic heterocycles. The molecule has 7 heteroatoms. The van der Waals surface area contributed by atoms with Gasteiger partial charge in [0.2, 0.25) is 0 Å². The lowest BCUT2D eigenvalue weighted by Crippen LogP contribution is -2.37. The summed E-state index contributed by atoms with van der Waals surface area (Å²) in [5, 5.41) is 10.4. The Bertz CT molecular complexity index is 555. The lowest BCUT2D eigenvalue weighted by molar-refractivity contribution is 0.350. The third-order valence-corrected chi connectivity index (χ3v) is 4.73. The highest BCUT2D eigenvalue weighted by atomic mass is 32.2. The van der Waals surface area contributed by atoms with Gasteiger partial charge in [-0.25, -0.2) is 4.72 Å². The Morgan fingerprint density at radius 1 is 1.53 bits per heavy atom. The van der Waals surface area contributed by atoms with Gasteiger partial charge in [0.25, 0.3) is 10.2 Å². The van der Waals surface area contributed by atoms with Crippen LogP contribution in [0.1, 0.15) is 23.8 Å². The number of aliphatic hydroxyl groups is 1. The molecule has 5 nitrogen and oxygen atoms in total. The van der Waals surface area contributed by atoms with Gasteiger partial charge in [0.05, 0.1) is 0 Å². The molecule has 0 unspecified atom stereocenters. The fraction of sp³-hybridized carbons (Fsp3) is 0.500. The van der Waals surface area contributed by atoms with Crippen LogP contribution in [0.15, 0.2) is 11.4 Å². The topological polar surface area (TPSA) is 69.6 Å². The summed E-state index contributed by atoms with van der Waals surface area (Å²) in [6, 6.07) is 1.83. The smallest absolute Gasteiger partial charge is 0.279 e. The largest absolute Gasteiger partial charge is 0.384 e. The maximum absolute atomic E-state index is 11.8. The number of nitrogens with zero attached hydrogens (tertiary/aromatic N) is 1. The standard InChI is InChI=1S/C12H18N2O3S2/c1-3-6-13-19(16,17)14(2)9-12-8-11(10-18-12)5-4-7-15/h8,10,13,15H,3,6-7,9H2,1-2H3. The molecule has 0 aliphatic rings. The van der Waals surface area contributed by atoms with Gasteiger partial charge in [0.1, 0.15) is 6.61 Å².